The average molecular weight is 348 g/mol. The molecule has 1 aliphatic rings. The molecule has 0 saturated carbocycles. The summed E-state index contributed by atoms with van der Waals surface area (Å²) >= 11 is 0. The van der Waals surface area contributed by atoms with Crippen molar-refractivity contribution in [2.24, 2.45) is 5.92 Å². The van der Waals surface area contributed by atoms with Crippen LogP contribution in [0.2, 0.25) is 0 Å². The lowest BCUT2D eigenvalue weighted by Crippen LogP contribution is -2.53. The Balaban J connectivity index is 1.94. The van der Waals surface area contributed by atoms with Crippen LogP contribution in [0.15, 0.2) is 18.6 Å². The van der Waals surface area contributed by atoms with Gasteiger partial charge in [0.15, 0.2) is 0 Å². The van der Waals surface area contributed by atoms with Crippen molar-refractivity contribution in [2.75, 3.05) is 25.0 Å². The predicted molar refractivity (Wildman–Crippen MR) is 97.7 cm³/mol. The van der Waals surface area contributed by atoms with Crippen molar-refractivity contribution in [3.05, 3.63) is 18.6 Å². The monoisotopic (exact) mass is 348 g/mol. The smallest absolute Gasteiger partial charge is 0.410 e. The van der Waals surface area contributed by atoms with Crippen LogP contribution in [-0.2, 0) is 4.74 Å². The fourth-order valence-corrected chi connectivity index (χ4v) is 3.07. The normalized spacial score (nSPS) is 23.2. The lowest BCUT2D eigenvalue weighted by atomic mass is 9.92. The van der Waals surface area contributed by atoms with E-state index in [9.17, 15) is 4.79 Å². The number of nitrogens with zero attached hydrogens (tertiary/aromatic N) is 4. The van der Waals surface area contributed by atoms with Gasteiger partial charge in [0.2, 0.25) is 0 Å². The lowest BCUT2D eigenvalue weighted by molar-refractivity contribution is 0.0165. The van der Waals surface area contributed by atoms with Crippen molar-refractivity contribution in [2.45, 2.75) is 45.8 Å². The maximum absolute atomic E-state index is 12.6. The zero-order valence-electron chi connectivity index (χ0n) is 18.1. The minimum atomic E-state index is -1.35. The van der Waals surface area contributed by atoms with E-state index in [1.165, 1.54) is 0 Å². The van der Waals surface area contributed by atoms with Crippen LogP contribution in [0.1, 0.15) is 38.2 Å². The molecule has 2 aromatic rings. The van der Waals surface area contributed by atoms with Crippen LogP contribution in [0, 0.1) is 5.92 Å². The first-order valence-corrected chi connectivity index (χ1v) is 8.49. The van der Waals surface area contributed by atoms with Crippen molar-refractivity contribution >= 4 is 22.9 Å². The second-order valence-corrected chi connectivity index (χ2v) is 7.55. The van der Waals surface area contributed by atoms with Gasteiger partial charge in [0.05, 0.1) is 11.4 Å². The topological polar surface area (TPSA) is 74.3 Å². The van der Waals surface area contributed by atoms with Crippen LogP contribution in [0.25, 0.3) is 11.0 Å². The quantitative estimate of drug-likeness (QED) is 0.903. The molecule has 1 aliphatic heterocycles. The third-order valence-electron chi connectivity index (χ3n) is 4.46. The molecule has 3 heterocycles. The number of likely N-dealkylation sites (N-methyl/N-ethyl adjacent to an activating group) is 1. The van der Waals surface area contributed by atoms with E-state index < -0.39 is 18.7 Å². The van der Waals surface area contributed by atoms with Gasteiger partial charge in [-0.3, -0.25) is 0 Å². The number of fused-ring (bicyclic) bond motifs is 1. The van der Waals surface area contributed by atoms with Gasteiger partial charge in [0.25, 0.3) is 0 Å². The Labute approximate surface area is 152 Å². The number of ether oxygens (including phenoxy) is 1. The summed E-state index contributed by atoms with van der Waals surface area (Å²) in [6, 6.07) is 1.48. The Hall–Kier alpha value is -2.31. The van der Waals surface area contributed by atoms with Gasteiger partial charge < -0.3 is 19.5 Å². The molecule has 7 heteroatoms. The summed E-state index contributed by atoms with van der Waals surface area (Å²) in [6.45, 7) is 7.06. The van der Waals surface area contributed by atoms with E-state index in [0.29, 0.717) is 29.9 Å². The molecule has 2 aromatic heterocycles. The van der Waals surface area contributed by atoms with Gasteiger partial charge in [-0.2, -0.15) is 0 Å². The molecular formula is C18H27N5O2. The van der Waals surface area contributed by atoms with E-state index >= 15 is 0 Å². The molecule has 25 heavy (non-hydrogen) atoms. The van der Waals surface area contributed by atoms with Crippen molar-refractivity contribution in [1.82, 2.24) is 19.9 Å². The molecule has 136 valence electrons. The summed E-state index contributed by atoms with van der Waals surface area (Å²) in [5.41, 5.74) is -0.0969. The van der Waals surface area contributed by atoms with Crippen LogP contribution < -0.4 is 4.90 Å². The molecule has 0 aromatic carbocycles. The zero-order valence-corrected chi connectivity index (χ0v) is 15.1. The number of anilines is 1. The van der Waals surface area contributed by atoms with Gasteiger partial charge in [-0.25, -0.2) is 14.8 Å². The first-order valence-electron chi connectivity index (χ1n) is 10.1. The summed E-state index contributed by atoms with van der Waals surface area (Å²) in [4.78, 5) is 27.0. The molecule has 1 N–H and O–H groups in total. The fourth-order valence-electron chi connectivity index (χ4n) is 3.07. The van der Waals surface area contributed by atoms with Crippen molar-refractivity contribution in [3.8, 4) is 0 Å². The second-order valence-electron chi connectivity index (χ2n) is 7.55. The number of hydrogen-bond acceptors (Lipinski definition) is 5. The van der Waals surface area contributed by atoms with Gasteiger partial charge in [-0.15, -0.1) is 0 Å². The third kappa shape index (κ3) is 3.70. The summed E-state index contributed by atoms with van der Waals surface area (Å²) in [5, 5.41) is 0.655. The maximum atomic E-state index is 12.6. The van der Waals surface area contributed by atoms with E-state index in [2.05, 4.69) is 15.0 Å². The van der Waals surface area contributed by atoms with E-state index in [4.69, 9.17) is 8.85 Å². The van der Waals surface area contributed by atoms with E-state index in [-0.39, 0.29) is 18.3 Å². The number of carbonyl (C=O) groups is 1. The number of nitrogens with one attached hydrogen (secondary N) is 1. The van der Waals surface area contributed by atoms with Crippen LogP contribution in [0.4, 0.5) is 10.6 Å². The molecule has 0 aliphatic carbocycles. The van der Waals surface area contributed by atoms with Crippen molar-refractivity contribution in [3.63, 3.8) is 0 Å². The zero-order chi connectivity index (χ0) is 20.6. The minimum absolute atomic E-state index is 0.134. The van der Waals surface area contributed by atoms with Gasteiger partial charge in [0.1, 0.15) is 24.7 Å². The summed E-state index contributed by atoms with van der Waals surface area (Å²) < 4.78 is 29.7. The molecule has 0 radical (unpaired) electrons. The Morgan fingerprint density at radius 1 is 1.52 bits per heavy atom. The first-order chi connectivity index (χ1) is 13.1. The highest BCUT2D eigenvalue weighted by Gasteiger charge is 2.34. The second kappa shape index (κ2) is 6.54. The summed E-state index contributed by atoms with van der Waals surface area (Å²) in [6.07, 6.45) is 1.85. The predicted octanol–water partition coefficient (Wildman–Crippen LogP) is 3.04. The molecule has 0 spiro atoms. The largest absolute Gasteiger partial charge is 0.444 e. The number of likely N-dealkylation sites (tertiary alicyclic amines) is 1. The van der Waals surface area contributed by atoms with Crippen molar-refractivity contribution < 1.29 is 13.6 Å². The number of H-pyrrole nitrogens is 1. The van der Waals surface area contributed by atoms with Gasteiger partial charge in [-0.05, 0) is 39.2 Å². The Morgan fingerprint density at radius 3 is 3.04 bits per heavy atom. The van der Waals surface area contributed by atoms with Gasteiger partial charge in [0, 0.05) is 29.0 Å². The molecule has 0 unspecified atom stereocenters. The van der Waals surface area contributed by atoms with Gasteiger partial charge in [-0.1, -0.05) is 6.92 Å². The number of amides is 1. The minimum Gasteiger partial charge on any atom is -0.444 e. The number of aromatic amines is 1. The Morgan fingerprint density at radius 2 is 2.32 bits per heavy atom. The molecule has 7 nitrogen and oxygen atoms in total. The molecular weight excluding hydrogens is 318 g/mol. The highest BCUT2D eigenvalue weighted by molar-refractivity contribution is 5.87. The first kappa shape index (κ1) is 13.9. The third-order valence-corrected chi connectivity index (χ3v) is 4.46. The Kier molecular flexibility index (Phi) is 3.64. The molecule has 1 amide bonds. The van der Waals surface area contributed by atoms with E-state index in [1.54, 1.807) is 22.1 Å². The molecule has 1 fully saturated rings. The van der Waals surface area contributed by atoms with E-state index in [0.717, 1.165) is 6.42 Å². The van der Waals surface area contributed by atoms with Crippen LogP contribution >= 0.6 is 0 Å². The number of aromatic nitrogens is 3. The number of piperidine rings is 1. The lowest BCUT2D eigenvalue weighted by Gasteiger charge is -2.42. The fraction of sp³-hybridized carbons (Fsp3) is 0.611. The molecule has 2 atom stereocenters. The molecule has 3 rings (SSSR count). The average Bonchev–Trinajstić information content (AvgIpc) is 3.03. The molecule has 1 saturated heterocycles. The molecule has 0 bridgehead atoms. The van der Waals surface area contributed by atoms with E-state index in [1.807, 2.05) is 27.7 Å². The van der Waals surface area contributed by atoms with Crippen LogP contribution in [-0.4, -0.2) is 57.7 Å². The standard InChI is InChI=1S/C18H27N5O2/c1-12-7-9-23(17(24)25-18(2,3)4)10-14(12)22(5)16-13-6-8-19-15(13)20-11-21-16/h6,8,11-12,14H,7,9-10H2,1-5H3,(H,19,20,21)/t12-,14+/m1/s1/i5D2,11D. The summed E-state index contributed by atoms with van der Waals surface area (Å²) in [5.74, 6) is 0.504. The summed E-state index contributed by atoms with van der Waals surface area (Å²) in [7, 11) is 0. The SMILES string of the molecule is [2H]c1nc(N(C([2H])[2H])[C@H]2CN(C(=O)OC(C)(C)C)CC[C@H]2C)c2cc[nH]c2n1. The number of hydrogen-bond donors (Lipinski definition) is 1. The number of carbonyl (C=O) groups excluding carboxylic acids is 1. The van der Waals surface area contributed by atoms with Gasteiger partial charge >= 0.3 is 6.09 Å². The Bertz CT molecular complexity index is 851. The van der Waals surface area contributed by atoms with Crippen LogP contribution in [0.3, 0.4) is 0 Å². The maximum Gasteiger partial charge on any atom is 0.410 e. The highest BCUT2D eigenvalue weighted by Crippen LogP contribution is 2.29. The van der Waals surface area contributed by atoms with Crippen LogP contribution in [0.5, 0.6) is 0 Å². The number of rotatable bonds is 2. The van der Waals surface area contributed by atoms with Crippen molar-refractivity contribution in [1.29, 1.82) is 0 Å². The highest BCUT2D eigenvalue weighted by atomic mass is 16.6.